The van der Waals surface area contributed by atoms with Crippen molar-refractivity contribution in [1.82, 2.24) is 5.16 Å². The number of carbonyl (C=O) groups excluding carboxylic acids is 1. The van der Waals surface area contributed by atoms with E-state index in [1.165, 1.54) is 0 Å². The van der Waals surface area contributed by atoms with Gasteiger partial charge in [-0.2, -0.15) is 0 Å². The zero-order valence-corrected chi connectivity index (χ0v) is 14.8. The van der Waals surface area contributed by atoms with Crippen molar-refractivity contribution in [2.24, 2.45) is 0 Å². The molecule has 0 radical (unpaired) electrons. The lowest BCUT2D eigenvalue weighted by Crippen LogP contribution is -2.22. The Hall–Kier alpha value is -1.89. The van der Waals surface area contributed by atoms with E-state index in [9.17, 15) is 4.79 Å². The lowest BCUT2D eigenvalue weighted by Gasteiger charge is -2.22. The van der Waals surface area contributed by atoms with Gasteiger partial charge in [0, 0.05) is 12.2 Å². The van der Waals surface area contributed by atoms with Crippen LogP contribution >= 0.6 is 11.6 Å². The van der Waals surface area contributed by atoms with Gasteiger partial charge in [0.15, 0.2) is 12.1 Å². The van der Waals surface area contributed by atoms with Crippen molar-refractivity contribution in [2.75, 3.05) is 13.2 Å². The number of benzene rings is 1. The number of carbonyl (C=O) groups is 1. The first-order valence-corrected chi connectivity index (χ1v) is 8.72. The zero-order chi connectivity index (χ0) is 17.6. The van der Waals surface area contributed by atoms with Gasteiger partial charge < -0.3 is 18.7 Å². The summed E-state index contributed by atoms with van der Waals surface area (Å²) in [4.78, 5) is 12.4. The van der Waals surface area contributed by atoms with Gasteiger partial charge in [0.25, 0.3) is 0 Å². The monoisotopic (exact) mass is 365 g/mol. The standard InChI is InChI=1S/C18H20ClNO5/c1-2-22-18(21)16-14(11-24-15-9-5-6-10-23-15)20-25-17(16)12-7-3-4-8-13(12)19/h3-4,7-8,15H,2,5-6,9-11H2,1H3. The van der Waals surface area contributed by atoms with Crippen molar-refractivity contribution in [2.45, 2.75) is 39.1 Å². The Balaban J connectivity index is 1.87. The van der Waals surface area contributed by atoms with E-state index in [0.29, 0.717) is 22.9 Å². The van der Waals surface area contributed by atoms with E-state index in [1.54, 1.807) is 25.1 Å². The van der Waals surface area contributed by atoms with Gasteiger partial charge >= 0.3 is 5.97 Å². The molecule has 1 aliphatic rings. The SMILES string of the molecule is CCOC(=O)c1c(COC2CCCCO2)noc1-c1ccccc1Cl. The summed E-state index contributed by atoms with van der Waals surface area (Å²) in [5.74, 6) is -0.228. The molecular formula is C18H20ClNO5. The van der Waals surface area contributed by atoms with Crippen molar-refractivity contribution in [3.63, 3.8) is 0 Å². The Morgan fingerprint density at radius 3 is 2.92 bits per heavy atom. The summed E-state index contributed by atoms with van der Waals surface area (Å²) in [6, 6.07) is 7.10. The lowest BCUT2D eigenvalue weighted by atomic mass is 10.1. The molecule has 25 heavy (non-hydrogen) atoms. The van der Waals surface area contributed by atoms with Crippen LogP contribution in [-0.4, -0.2) is 30.6 Å². The maximum Gasteiger partial charge on any atom is 0.344 e. The summed E-state index contributed by atoms with van der Waals surface area (Å²) in [5.41, 5.74) is 1.20. The van der Waals surface area contributed by atoms with Crippen molar-refractivity contribution in [1.29, 1.82) is 0 Å². The van der Waals surface area contributed by atoms with E-state index in [-0.39, 0.29) is 30.8 Å². The molecule has 0 aliphatic carbocycles. The van der Waals surface area contributed by atoms with Crippen LogP contribution in [0.15, 0.2) is 28.8 Å². The molecule has 2 heterocycles. The van der Waals surface area contributed by atoms with E-state index >= 15 is 0 Å². The highest BCUT2D eigenvalue weighted by Gasteiger charge is 2.27. The Labute approximate surface area is 151 Å². The van der Waals surface area contributed by atoms with Gasteiger partial charge in [-0.3, -0.25) is 0 Å². The third-order valence-corrected chi connectivity index (χ3v) is 4.23. The normalized spacial score (nSPS) is 17.4. The summed E-state index contributed by atoms with van der Waals surface area (Å²) in [6.45, 7) is 2.77. The Morgan fingerprint density at radius 1 is 1.36 bits per heavy atom. The largest absolute Gasteiger partial charge is 0.462 e. The topological polar surface area (TPSA) is 70.8 Å². The van der Waals surface area contributed by atoms with Gasteiger partial charge in [-0.05, 0) is 38.3 Å². The summed E-state index contributed by atoms with van der Waals surface area (Å²) in [6.07, 6.45) is 2.63. The molecule has 0 N–H and O–H groups in total. The summed E-state index contributed by atoms with van der Waals surface area (Å²) >= 11 is 6.23. The smallest absolute Gasteiger partial charge is 0.344 e. The second-order valence-electron chi connectivity index (χ2n) is 5.64. The van der Waals surface area contributed by atoms with Crippen LogP contribution in [0.4, 0.5) is 0 Å². The number of halogens is 1. The number of ether oxygens (including phenoxy) is 3. The van der Waals surface area contributed by atoms with Gasteiger partial charge in [-0.1, -0.05) is 28.9 Å². The van der Waals surface area contributed by atoms with Gasteiger partial charge in [-0.15, -0.1) is 0 Å². The van der Waals surface area contributed by atoms with Crippen molar-refractivity contribution < 1.29 is 23.5 Å². The molecule has 1 fully saturated rings. The Kier molecular flexibility index (Phi) is 6.07. The highest BCUT2D eigenvalue weighted by molar-refractivity contribution is 6.33. The number of hydrogen-bond donors (Lipinski definition) is 0. The molecule has 1 aromatic heterocycles. The van der Waals surface area contributed by atoms with Crippen molar-refractivity contribution in [3.05, 3.63) is 40.5 Å². The van der Waals surface area contributed by atoms with Crippen molar-refractivity contribution >= 4 is 17.6 Å². The van der Waals surface area contributed by atoms with Crippen LogP contribution in [0.1, 0.15) is 42.2 Å². The van der Waals surface area contributed by atoms with E-state index in [2.05, 4.69) is 5.16 Å². The minimum Gasteiger partial charge on any atom is -0.462 e. The highest BCUT2D eigenvalue weighted by atomic mass is 35.5. The molecule has 0 saturated carbocycles. The van der Waals surface area contributed by atoms with Crippen LogP contribution in [-0.2, 0) is 20.8 Å². The summed E-state index contributed by atoms with van der Waals surface area (Å²) in [5, 5.41) is 4.47. The second-order valence-corrected chi connectivity index (χ2v) is 6.05. The average Bonchev–Trinajstić information content (AvgIpc) is 3.05. The third kappa shape index (κ3) is 4.21. The Morgan fingerprint density at radius 2 is 2.20 bits per heavy atom. The maximum absolute atomic E-state index is 12.4. The minimum atomic E-state index is -0.512. The summed E-state index contributed by atoms with van der Waals surface area (Å²) in [7, 11) is 0. The fraction of sp³-hybridized carbons (Fsp3) is 0.444. The number of nitrogens with zero attached hydrogens (tertiary/aromatic N) is 1. The fourth-order valence-corrected chi connectivity index (χ4v) is 2.90. The minimum absolute atomic E-state index is 0.104. The molecule has 1 aliphatic heterocycles. The van der Waals surface area contributed by atoms with E-state index in [1.807, 2.05) is 6.07 Å². The molecule has 1 aromatic carbocycles. The highest BCUT2D eigenvalue weighted by Crippen LogP contribution is 2.33. The molecule has 6 nitrogen and oxygen atoms in total. The molecular weight excluding hydrogens is 346 g/mol. The van der Waals surface area contributed by atoms with Crippen LogP contribution in [0.3, 0.4) is 0 Å². The molecule has 2 aromatic rings. The van der Waals surface area contributed by atoms with Gasteiger partial charge in [0.2, 0.25) is 0 Å². The van der Waals surface area contributed by atoms with Gasteiger partial charge in [-0.25, -0.2) is 4.79 Å². The van der Waals surface area contributed by atoms with E-state index in [4.69, 9.17) is 30.3 Å². The zero-order valence-electron chi connectivity index (χ0n) is 14.0. The molecule has 1 atom stereocenters. The van der Waals surface area contributed by atoms with E-state index < -0.39 is 5.97 Å². The first kappa shape index (κ1) is 17.9. The number of rotatable bonds is 6. The first-order valence-electron chi connectivity index (χ1n) is 8.34. The number of aromatic nitrogens is 1. The predicted octanol–water partition coefficient (Wildman–Crippen LogP) is 4.21. The molecule has 0 amide bonds. The molecule has 7 heteroatoms. The van der Waals surface area contributed by atoms with Gasteiger partial charge in [0.1, 0.15) is 11.3 Å². The first-order chi connectivity index (χ1) is 12.2. The average molecular weight is 366 g/mol. The van der Waals surface area contributed by atoms with Gasteiger partial charge in [0.05, 0.1) is 18.2 Å². The molecule has 0 bridgehead atoms. The summed E-state index contributed by atoms with van der Waals surface area (Å²) < 4.78 is 21.8. The number of esters is 1. The molecule has 1 saturated heterocycles. The second kappa shape index (κ2) is 8.47. The molecule has 0 spiro atoms. The van der Waals surface area contributed by atoms with Crippen molar-refractivity contribution in [3.8, 4) is 11.3 Å². The fourth-order valence-electron chi connectivity index (χ4n) is 2.68. The van der Waals surface area contributed by atoms with Crippen LogP contribution in [0.2, 0.25) is 5.02 Å². The van der Waals surface area contributed by atoms with E-state index in [0.717, 1.165) is 19.3 Å². The molecule has 3 rings (SSSR count). The maximum atomic E-state index is 12.4. The number of hydrogen-bond acceptors (Lipinski definition) is 6. The Bertz CT molecular complexity index is 724. The molecule has 134 valence electrons. The van der Waals surface area contributed by atoms with Crippen LogP contribution in [0, 0.1) is 0 Å². The van der Waals surface area contributed by atoms with Crippen LogP contribution in [0.5, 0.6) is 0 Å². The molecule has 1 unspecified atom stereocenters. The lowest BCUT2D eigenvalue weighted by molar-refractivity contribution is -0.169. The van der Waals surface area contributed by atoms with Crippen LogP contribution < -0.4 is 0 Å². The quantitative estimate of drug-likeness (QED) is 0.714. The van der Waals surface area contributed by atoms with Crippen LogP contribution in [0.25, 0.3) is 11.3 Å². The third-order valence-electron chi connectivity index (χ3n) is 3.90. The predicted molar refractivity (Wildman–Crippen MR) is 91.3 cm³/mol.